The van der Waals surface area contributed by atoms with Gasteiger partial charge >= 0.3 is 0 Å². The SMILES string of the molecule is COc1c(C)cc(C(=O)C2COc3ccccc32)cc1C. The Hall–Kier alpha value is -2.29. The van der Waals surface area contributed by atoms with E-state index in [1.54, 1.807) is 7.11 Å². The van der Waals surface area contributed by atoms with E-state index in [4.69, 9.17) is 9.47 Å². The molecule has 1 unspecified atom stereocenters. The average Bonchev–Trinajstić information content (AvgIpc) is 2.90. The van der Waals surface area contributed by atoms with E-state index in [2.05, 4.69) is 0 Å². The summed E-state index contributed by atoms with van der Waals surface area (Å²) in [4.78, 5) is 12.8. The van der Waals surface area contributed by atoms with Crippen molar-refractivity contribution < 1.29 is 14.3 Å². The van der Waals surface area contributed by atoms with E-state index < -0.39 is 0 Å². The molecular formula is C18H18O3. The third-order valence-electron chi connectivity index (χ3n) is 3.97. The maximum Gasteiger partial charge on any atom is 0.173 e. The number of benzene rings is 2. The second-order valence-electron chi connectivity index (χ2n) is 5.41. The molecule has 0 aliphatic carbocycles. The highest BCUT2D eigenvalue weighted by Crippen LogP contribution is 2.36. The molecule has 3 rings (SSSR count). The Morgan fingerprint density at radius 2 is 1.86 bits per heavy atom. The standard InChI is InChI=1S/C18H18O3/c1-11-8-13(9-12(2)18(11)20-3)17(19)15-10-21-16-7-5-4-6-14(15)16/h4-9,15H,10H2,1-3H3. The first-order valence-corrected chi connectivity index (χ1v) is 7.03. The molecule has 1 aliphatic rings. The Kier molecular flexibility index (Phi) is 3.42. The second-order valence-corrected chi connectivity index (χ2v) is 5.41. The number of fused-ring (bicyclic) bond motifs is 1. The van der Waals surface area contributed by atoms with Crippen LogP contribution >= 0.6 is 0 Å². The van der Waals surface area contributed by atoms with Gasteiger partial charge in [0.15, 0.2) is 5.78 Å². The van der Waals surface area contributed by atoms with Crippen LogP contribution in [-0.2, 0) is 0 Å². The Balaban J connectivity index is 1.97. The van der Waals surface area contributed by atoms with Gasteiger partial charge in [0.05, 0.1) is 13.0 Å². The lowest BCUT2D eigenvalue weighted by Gasteiger charge is -2.13. The normalized spacial score (nSPS) is 16.2. The summed E-state index contributed by atoms with van der Waals surface area (Å²) in [5.41, 5.74) is 3.66. The summed E-state index contributed by atoms with van der Waals surface area (Å²) >= 11 is 0. The third kappa shape index (κ3) is 2.29. The number of Topliss-reactive ketones (excluding diaryl/α,β-unsaturated/α-hetero) is 1. The third-order valence-corrected chi connectivity index (χ3v) is 3.97. The van der Waals surface area contributed by atoms with Gasteiger partial charge in [0.2, 0.25) is 0 Å². The van der Waals surface area contributed by atoms with Crippen molar-refractivity contribution in [1.29, 1.82) is 0 Å². The minimum absolute atomic E-state index is 0.105. The number of aryl methyl sites for hydroxylation is 2. The molecule has 0 amide bonds. The molecule has 3 heteroatoms. The Bertz CT molecular complexity index is 680. The zero-order valence-electron chi connectivity index (χ0n) is 12.5. The minimum Gasteiger partial charge on any atom is -0.496 e. The molecule has 0 fully saturated rings. The van der Waals surface area contributed by atoms with E-state index in [0.717, 1.165) is 33.8 Å². The minimum atomic E-state index is -0.214. The first-order chi connectivity index (χ1) is 10.1. The number of carbonyl (C=O) groups is 1. The molecule has 0 spiro atoms. The van der Waals surface area contributed by atoms with E-state index >= 15 is 0 Å². The lowest BCUT2D eigenvalue weighted by molar-refractivity contribution is 0.0947. The number of ether oxygens (including phenoxy) is 2. The Morgan fingerprint density at radius 3 is 2.52 bits per heavy atom. The molecule has 0 saturated carbocycles. The summed E-state index contributed by atoms with van der Waals surface area (Å²) in [5, 5.41) is 0. The van der Waals surface area contributed by atoms with Gasteiger partial charge in [0.1, 0.15) is 18.1 Å². The first-order valence-electron chi connectivity index (χ1n) is 7.03. The Labute approximate surface area is 124 Å². The highest BCUT2D eigenvalue weighted by Gasteiger charge is 2.31. The van der Waals surface area contributed by atoms with Crippen molar-refractivity contribution in [2.24, 2.45) is 0 Å². The van der Waals surface area contributed by atoms with E-state index in [9.17, 15) is 4.79 Å². The van der Waals surface area contributed by atoms with Crippen LogP contribution in [0.15, 0.2) is 36.4 Å². The molecule has 3 nitrogen and oxygen atoms in total. The second kappa shape index (κ2) is 5.24. The van der Waals surface area contributed by atoms with Crippen LogP contribution in [0.1, 0.15) is 33.0 Å². The molecule has 21 heavy (non-hydrogen) atoms. The molecule has 0 radical (unpaired) electrons. The maximum atomic E-state index is 12.8. The molecule has 0 bridgehead atoms. The lowest BCUT2D eigenvalue weighted by atomic mass is 9.91. The first kappa shape index (κ1) is 13.7. The van der Waals surface area contributed by atoms with Gasteiger partial charge in [0.25, 0.3) is 0 Å². The van der Waals surface area contributed by atoms with Crippen molar-refractivity contribution in [3.63, 3.8) is 0 Å². The predicted molar refractivity (Wildman–Crippen MR) is 81.5 cm³/mol. The molecule has 0 N–H and O–H groups in total. The molecule has 2 aromatic carbocycles. The van der Waals surface area contributed by atoms with Crippen molar-refractivity contribution in [3.05, 3.63) is 58.7 Å². The van der Waals surface area contributed by atoms with Crippen LogP contribution in [0.4, 0.5) is 0 Å². The van der Waals surface area contributed by atoms with Crippen LogP contribution in [0.2, 0.25) is 0 Å². The number of para-hydroxylation sites is 1. The number of methoxy groups -OCH3 is 1. The molecule has 1 aliphatic heterocycles. The average molecular weight is 282 g/mol. The van der Waals surface area contributed by atoms with Crippen molar-refractivity contribution >= 4 is 5.78 Å². The van der Waals surface area contributed by atoms with Gasteiger partial charge in [-0.2, -0.15) is 0 Å². The van der Waals surface area contributed by atoms with Crippen molar-refractivity contribution in [3.8, 4) is 11.5 Å². The van der Waals surface area contributed by atoms with Crippen LogP contribution in [-0.4, -0.2) is 19.5 Å². The largest absolute Gasteiger partial charge is 0.496 e. The quantitative estimate of drug-likeness (QED) is 0.806. The van der Waals surface area contributed by atoms with Gasteiger partial charge in [-0.25, -0.2) is 0 Å². The lowest BCUT2D eigenvalue weighted by Crippen LogP contribution is -2.15. The molecule has 1 atom stereocenters. The Morgan fingerprint density at radius 1 is 1.19 bits per heavy atom. The van der Waals surface area contributed by atoms with Gasteiger partial charge < -0.3 is 9.47 Å². The molecule has 1 heterocycles. The fourth-order valence-corrected chi connectivity index (χ4v) is 3.00. The summed E-state index contributed by atoms with van der Waals surface area (Å²) in [6, 6.07) is 11.5. The van der Waals surface area contributed by atoms with E-state index in [1.807, 2.05) is 50.2 Å². The summed E-state index contributed by atoms with van der Waals surface area (Å²) in [7, 11) is 1.65. The fraction of sp³-hybridized carbons (Fsp3) is 0.278. The van der Waals surface area contributed by atoms with Crippen LogP contribution in [0.5, 0.6) is 11.5 Å². The number of hydrogen-bond acceptors (Lipinski definition) is 3. The van der Waals surface area contributed by atoms with Crippen molar-refractivity contribution in [1.82, 2.24) is 0 Å². The number of carbonyl (C=O) groups excluding carboxylic acids is 1. The topological polar surface area (TPSA) is 35.5 Å². The monoisotopic (exact) mass is 282 g/mol. The highest BCUT2D eigenvalue weighted by atomic mass is 16.5. The number of ketones is 1. The summed E-state index contributed by atoms with van der Waals surface area (Å²) in [6.07, 6.45) is 0. The van der Waals surface area contributed by atoms with Crippen LogP contribution < -0.4 is 9.47 Å². The van der Waals surface area contributed by atoms with Crippen molar-refractivity contribution in [2.75, 3.05) is 13.7 Å². The van der Waals surface area contributed by atoms with E-state index in [0.29, 0.717) is 6.61 Å². The zero-order valence-corrected chi connectivity index (χ0v) is 12.5. The zero-order chi connectivity index (χ0) is 15.0. The molecular weight excluding hydrogens is 264 g/mol. The van der Waals surface area contributed by atoms with Crippen LogP contribution in [0.3, 0.4) is 0 Å². The number of hydrogen-bond donors (Lipinski definition) is 0. The molecule has 2 aromatic rings. The van der Waals surface area contributed by atoms with E-state index in [-0.39, 0.29) is 11.7 Å². The van der Waals surface area contributed by atoms with Gasteiger partial charge in [-0.3, -0.25) is 4.79 Å². The van der Waals surface area contributed by atoms with Crippen LogP contribution in [0, 0.1) is 13.8 Å². The van der Waals surface area contributed by atoms with Gasteiger partial charge in [-0.05, 0) is 43.2 Å². The fourth-order valence-electron chi connectivity index (χ4n) is 3.00. The highest BCUT2D eigenvalue weighted by molar-refractivity contribution is 6.02. The van der Waals surface area contributed by atoms with Gasteiger partial charge in [0, 0.05) is 11.1 Å². The molecule has 108 valence electrons. The summed E-state index contributed by atoms with van der Waals surface area (Å²) in [6.45, 7) is 4.34. The predicted octanol–water partition coefficient (Wildman–Crippen LogP) is 3.67. The van der Waals surface area contributed by atoms with Crippen molar-refractivity contribution in [2.45, 2.75) is 19.8 Å². The van der Waals surface area contributed by atoms with Gasteiger partial charge in [-0.1, -0.05) is 18.2 Å². The smallest absolute Gasteiger partial charge is 0.173 e. The maximum absolute atomic E-state index is 12.8. The number of rotatable bonds is 3. The molecule has 0 aromatic heterocycles. The molecule has 0 saturated heterocycles. The summed E-state index contributed by atoms with van der Waals surface area (Å²) < 4.78 is 11.0. The van der Waals surface area contributed by atoms with E-state index in [1.165, 1.54) is 0 Å². The van der Waals surface area contributed by atoms with Gasteiger partial charge in [-0.15, -0.1) is 0 Å². The van der Waals surface area contributed by atoms with Crippen LogP contribution in [0.25, 0.3) is 0 Å². The summed E-state index contributed by atoms with van der Waals surface area (Å²) in [5.74, 6) is 1.55.